The largest absolute Gasteiger partial charge is 0.324 e. The lowest BCUT2D eigenvalue weighted by Gasteiger charge is -2.09. The summed E-state index contributed by atoms with van der Waals surface area (Å²) >= 11 is 5.77. The van der Waals surface area contributed by atoms with Crippen LogP contribution >= 0.6 is 11.6 Å². The number of urea groups is 1. The van der Waals surface area contributed by atoms with E-state index in [0.29, 0.717) is 16.7 Å². The minimum atomic E-state index is -0.368. The number of carbonyl (C=O) groups is 1. The predicted octanol–water partition coefficient (Wildman–Crippen LogP) is 2.72. The molecule has 0 fully saturated rings. The number of halogens is 1. The van der Waals surface area contributed by atoms with Gasteiger partial charge in [-0.25, -0.2) is 9.78 Å². The Morgan fingerprint density at radius 1 is 1.28 bits per heavy atom. The standard InChI is InChI=1S/C11H12ClN5O/c1-6-4-13-9(12)3-8(6)15-11(18)16-10-7(2)5-14-17-10/h3-5H,1-2H3,(H3,13,14,15,16,17,18). The number of aromatic nitrogens is 3. The zero-order valence-corrected chi connectivity index (χ0v) is 10.7. The maximum Gasteiger partial charge on any atom is 0.324 e. The van der Waals surface area contributed by atoms with Crippen molar-refractivity contribution in [3.8, 4) is 0 Å². The summed E-state index contributed by atoms with van der Waals surface area (Å²) in [7, 11) is 0. The Kier molecular flexibility index (Phi) is 3.47. The lowest BCUT2D eigenvalue weighted by molar-refractivity contribution is 0.262. The third-order valence-electron chi connectivity index (χ3n) is 2.39. The summed E-state index contributed by atoms with van der Waals surface area (Å²) in [4.78, 5) is 15.7. The lowest BCUT2D eigenvalue weighted by atomic mass is 10.2. The van der Waals surface area contributed by atoms with Crippen LogP contribution in [0.5, 0.6) is 0 Å². The first-order valence-electron chi connectivity index (χ1n) is 5.26. The predicted molar refractivity (Wildman–Crippen MR) is 70.0 cm³/mol. The van der Waals surface area contributed by atoms with Gasteiger partial charge in [0.2, 0.25) is 0 Å². The van der Waals surface area contributed by atoms with Gasteiger partial charge in [-0.15, -0.1) is 0 Å². The van der Waals surface area contributed by atoms with Crippen molar-refractivity contribution in [3.63, 3.8) is 0 Å². The van der Waals surface area contributed by atoms with E-state index in [9.17, 15) is 4.79 Å². The van der Waals surface area contributed by atoms with E-state index in [0.717, 1.165) is 11.1 Å². The van der Waals surface area contributed by atoms with Crippen molar-refractivity contribution >= 4 is 29.1 Å². The molecule has 2 rings (SSSR count). The zero-order chi connectivity index (χ0) is 13.1. The van der Waals surface area contributed by atoms with Crippen LogP contribution in [0.15, 0.2) is 18.5 Å². The van der Waals surface area contributed by atoms with Gasteiger partial charge in [0.25, 0.3) is 0 Å². The summed E-state index contributed by atoms with van der Waals surface area (Å²) in [5, 5.41) is 12.2. The summed E-state index contributed by atoms with van der Waals surface area (Å²) in [6.07, 6.45) is 3.23. The molecule has 2 amide bonds. The van der Waals surface area contributed by atoms with Gasteiger partial charge in [-0.2, -0.15) is 5.10 Å². The molecule has 3 N–H and O–H groups in total. The fourth-order valence-corrected chi connectivity index (χ4v) is 1.53. The van der Waals surface area contributed by atoms with Gasteiger partial charge in [-0.1, -0.05) is 11.6 Å². The molecule has 0 saturated carbocycles. The Hall–Kier alpha value is -2.08. The van der Waals surface area contributed by atoms with Gasteiger partial charge in [0.15, 0.2) is 0 Å². The third-order valence-corrected chi connectivity index (χ3v) is 2.59. The van der Waals surface area contributed by atoms with Crippen LogP contribution in [-0.4, -0.2) is 21.2 Å². The Morgan fingerprint density at radius 2 is 2.06 bits per heavy atom. The SMILES string of the molecule is Cc1cnc(Cl)cc1NC(=O)Nc1[nH]ncc1C. The molecule has 94 valence electrons. The zero-order valence-electron chi connectivity index (χ0n) is 9.91. The van der Waals surface area contributed by atoms with Crippen molar-refractivity contribution in [2.75, 3.05) is 10.6 Å². The smallest absolute Gasteiger partial charge is 0.307 e. The molecule has 0 aromatic carbocycles. The van der Waals surface area contributed by atoms with Gasteiger partial charge in [0.1, 0.15) is 11.0 Å². The molecular weight excluding hydrogens is 254 g/mol. The molecule has 0 atom stereocenters. The maximum atomic E-state index is 11.8. The molecular formula is C11H12ClN5O. The second-order valence-electron chi connectivity index (χ2n) is 3.83. The number of aryl methyl sites for hydroxylation is 2. The van der Waals surface area contributed by atoms with E-state index in [1.807, 2.05) is 13.8 Å². The minimum Gasteiger partial charge on any atom is -0.307 e. The maximum absolute atomic E-state index is 11.8. The Balaban J connectivity index is 2.08. The molecule has 0 unspecified atom stereocenters. The van der Waals surface area contributed by atoms with Gasteiger partial charge in [-0.05, 0) is 25.5 Å². The van der Waals surface area contributed by atoms with E-state index in [4.69, 9.17) is 11.6 Å². The molecule has 0 aliphatic heterocycles. The first-order valence-corrected chi connectivity index (χ1v) is 5.64. The summed E-state index contributed by atoms with van der Waals surface area (Å²) in [5.41, 5.74) is 2.30. The number of rotatable bonds is 2. The average molecular weight is 266 g/mol. The van der Waals surface area contributed by atoms with Crippen molar-refractivity contribution in [3.05, 3.63) is 34.7 Å². The number of nitrogens with zero attached hydrogens (tertiary/aromatic N) is 2. The number of hydrogen-bond donors (Lipinski definition) is 3. The van der Waals surface area contributed by atoms with Gasteiger partial charge < -0.3 is 5.32 Å². The topological polar surface area (TPSA) is 82.7 Å². The Bertz CT molecular complexity index is 581. The first-order chi connectivity index (χ1) is 8.56. The summed E-state index contributed by atoms with van der Waals surface area (Å²) in [5.74, 6) is 0.560. The number of carbonyl (C=O) groups excluding carboxylic acids is 1. The van der Waals surface area contributed by atoms with Crippen LogP contribution in [0.2, 0.25) is 5.15 Å². The molecule has 2 aromatic rings. The number of amides is 2. The fraction of sp³-hybridized carbons (Fsp3) is 0.182. The van der Waals surface area contributed by atoms with Crippen LogP contribution in [0.4, 0.5) is 16.3 Å². The van der Waals surface area contributed by atoms with Gasteiger partial charge >= 0.3 is 6.03 Å². The molecule has 6 nitrogen and oxygen atoms in total. The summed E-state index contributed by atoms with van der Waals surface area (Å²) < 4.78 is 0. The second-order valence-corrected chi connectivity index (χ2v) is 4.22. The van der Waals surface area contributed by atoms with Crippen molar-refractivity contribution < 1.29 is 4.79 Å². The quantitative estimate of drug-likeness (QED) is 0.730. The van der Waals surface area contributed by atoms with Crippen molar-refractivity contribution in [2.45, 2.75) is 13.8 Å². The monoisotopic (exact) mass is 265 g/mol. The summed E-state index contributed by atoms with van der Waals surface area (Å²) in [6.45, 7) is 3.67. The number of anilines is 2. The van der Waals surface area contributed by atoms with Gasteiger partial charge in [0.05, 0.1) is 6.20 Å². The summed E-state index contributed by atoms with van der Waals surface area (Å²) in [6, 6.07) is 1.23. The van der Waals surface area contributed by atoms with E-state index in [2.05, 4.69) is 25.8 Å². The normalized spacial score (nSPS) is 10.2. The van der Waals surface area contributed by atoms with Gasteiger partial charge in [-0.3, -0.25) is 10.4 Å². The third kappa shape index (κ3) is 2.78. The van der Waals surface area contributed by atoms with E-state index < -0.39 is 0 Å². The fourth-order valence-electron chi connectivity index (χ4n) is 1.37. The molecule has 7 heteroatoms. The molecule has 0 radical (unpaired) electrons. The number of aromatic amines is 1. The van der Waals surface area contributed by atoms with Crippen molar-refractivity contribution in [2.24, 2.45) is 0 Å². The lowest BCUT2D eigenvalue weighted by Crippen LogP contribution is -2.20. The molecule has 0 bridgehead atoms. The Labute approximate surface area is 109 Å². The molecule has 18 heavy (non-hydrogen) atoms. The van der Waals surface area contributed by atoms with E-state index >= 15 is 0 Å². The van der Waals surface area contributed by atoms with Crippen LogP contribution in [0.1, 0.15) is 11.1 Å². The van der Waals surface area contributed by atoms with Crippen molar-refractivity contribution in [1.29, 1.82) is 0 Å². The van der Waals surface area contributed by atoms with Crippen LogP contribution in [0, 0.1) is 13.8 Å². The molecule has 0 aliphatic rings. The minimum absolute atomic E-state index is 0.327. The number of hydrogen-bond acceptors (Lipinski definition) is 3. The highest BCUT2D eigenvalue weighted by molar-refractivity contribution is 6.29. The first kappa shape index (κ1) is 12.4. The van der Waals surface area contributed by atoms with Crippen LogP contribution in [0.25, 0.3) is 0 Å². The molecule has 0 aliphatic carbocycles. The molecule has 2 heterocycles. The van der Waals surface area contributed by atoms with Crippen molar-refractivity contribution in [1.82, 2.24) is 15.2 Å². The Morgan fingerprint density at radius 3 is 2.72 bits per heavy atom. The van der Waals surface area contributed by atoms with E-state index in [1.165, 1.54) is 0 Å². The van der Waals surface area contributed by atoms with Crippen LogP contribution < -0.4 is 10.6 Å². The second kappa shape index (κ2) is 5.05. The highest BCUT2D eigenvalue weighted by Crippen LogP contribution is 2.18. The molecule has 2 aromatic heterocycles. The van der Waals surface area contributed by atoms with E-state index in [1.54, 1.807) is 18.5 Å². The number of H-pyrrole nitrogens is 1. The highest BCUT2D eigenvalue weighted by Gasteiger charge is 2.08. The van der Waals surface area contributed by atoms with Gasteiger partial charge in [0, 0.05) is 17.4 Å². The van der Waals surface area contributed by atoms with Crippen LogP contribution in [0.3, 0.4) is 0 Å². The molecule has 0 spiro atoms. The van der Waals surface area contributed by atoms with Crippen LogP contribution in [-0.2, 0) is 0 Å². The highest BCUT2D eigenvalue weighted by atomic mass is 35.5. The van der Waals surface area contributed by atoms with E-state index in [-0.39, 0.29) is 6.03 Å². The number of nitrogens with one attached hydrogen (secondary N) is 3. The molecule has 0 saturated heterocycles. The average Bonchev–Trinajstić information content (AvgIpc) is 2.70. The number of pyridine rings is 1.